The summed E-state index contributed by atoms with van der Waals surface area (Å²) in [5, 5.41) is 0. The molecule has 132 valence electrons. The van der Waals surface area contributed by atoms with Crippen LogP contribution in [-0.4, -0.2) is 43.2 Å². The molecule has 0 N–H and O–H groups in total. The molecule has 2 saturated heterocycles. The molecule has 1 aromatic carbocycles. The van der Waals surface area contributed by atoms with Crippen LogP contribution in [0.3, 0.4) is 0 Å². The minimum atomic E-state index is -0.223. The van der Waals surface area contributed by atoms with Gasteiger partial charge in [0.15, 0.2) is 0 Å². The molecule has 3 rings (SSSR count). The van der Waals surface area contributed by atoms with Crippen LogP contribution in [0.4, 0.5) is 4.39 Å². The highest BCUT2D eigenvalue weighted by Gasteiger charge is 2.30. The first-order valence-electron chi connectivity index (χ1n) is 8.95. The van der Waals surface area contributed by atoms with Crippen molar-refractivity contribution in [2.24, 2.45) is 5.92 Å². The first-order valence-corrected chi connectivity index (χ1v) is 8.95. The number of hydrogen-bond donors (Lipinski definition) is 0. The summed E-state index contributed by atoms with van der Waals surface area (Å²) in [5.41, 5.74) is 0.868. The lowest BCUT2D eigenvalue weighted by atomic mass is 9.93. The van der Waals surface area contributed by atoms with Crippen LogP contribution in [-0.2, 0) is 20.9 Å². The lowest BCUT2D eigenvalue weighted by molar-refractivity contribution is -0.142. The van der Waals surface area contributed by atoms with Gasteiger partial charge in [0.25, 0.3) is 5.91 Å². The van der Waals surface area contributed by atoms with Crippen molar-refractivity contribution in [1.82, 2.24) is 4.90 Å². The van der Waals surface area contributed by atoms with Gasteiger partial charge in [-0.15, -0.1) is 0 Å². The Morgan fingerprint density at radius 1 is 1.29 bits per heavy atom. The van der Waals surface area contributed by atoms with Gasteiger partial charge in [0.2, 0.25) is 0 Å². The van der Waals surface area contributed by atoms with E-state index >= 15 is 0 Å². The number of rotatable bonds is 6. The van der Waals surface area contributed by atoms with Gasteiger partial charge >= 0.3 is 0 Å². The van der Waals surface area contributed by atoms with Crippen molar-refractivity contribution in [2.75, 3.05) is 26.3 Å². The van der Waals surface area contributed by atoms with Crippen LogP contribution in [0, 0.1) is 11.7 Å². The summed E-state index contributed by atoms with van der Waals surface area (Å²) in [5.74, 6) is 0.554. The van der Waals surface area contributed by atoms with Crippen molar-refractivity contribution >= 4 is 5.91 Å². The third-order valence-corrected chi connectivity index (χ3v) is 4.96. The van der Waals surface area contributed by atoms with Crippen molar-refractivity contribution in [3.8, 4) is 0 Å². The Morgan fingerprint density at radius 3 is 2.83 bits per heavy atom. The lowest BCUT2D eigenvalue weighted by Gasteiger charge is -2.33. The fourth-order valence-corrected chi connectivity index (χ4v) is 3.48. The van der Waals surface area contributed by atoms with Gasteiger partial charge in [-0.05, 0) is 55.7 Å². The van der Waals surface area contributed by atoms with Crippen LogP contribution in [0.25, 0.3) is 0 Å². The number of halogens is 1. The zero-order chi connectivity index (χ0) is 16.8. The highest BCUT2D eigenvalue weighted by molar-refractivity contribution is 5.81. The zero-order valence-corrected chi connectivity index (χ0v) is 14.1. The number of hydrogen-bond acceptors (Lipinski definition) is 3. The summed E-state index contributed by atoms with van der Waals surface area (Å²) in [6, 6.07) is 6.53. The molecular weight excluding hydrogens is 309 g/mol. The fraction of sp³-hybridized carbons (Fsp3) is 0.632. The van der Waals surface area contributed by atoms with Gasteiger partial charge < -0.3 is 14.4 Å². The van der Waals surface area contributed by atoms with Gasteiger partial charge in [-0.2, -0.15) is 0 Å². The van der Waals surface area contributed by atoms with Crippen LogP contribution >= 0.6 is 0 Å². The van der Waals surface area contributed by atoms with E-state index in [9.17, 15) is 9.18 Å². The number of carbonyl (C=O) groups excluding carboxylic acids is 1. The van der Waals surface area contributed by atoms with Gasteiger partial charge in [0, 0.05) is 26.3 Å². The van der Waals surface area contributed by atoms with E-state index in [2.05, 4.69) is 0 Å². The van der Waals surface area contributed by atoms with Crippen LogP contribution < -0.4 is 0 Å². The van der Waals surface area contributed by atoms with E-state index in [1.54, 1.807) is 6.07 Å². The zero-order valence-electron chi connectivity index (χ0n) is 14.1. The quantitative estimate of drug-likeness (QED) is 0.750. The predicted molar refractivity (Wildman–Crippen MR) is 89.0 cm³/mol. The van der Waals surface area contributed by atoms with E-state index in [4.69, 9.17) is 9.47 Å². The summed E-state index contributed by atoms with van der Waals surface area (Å²) in [7, 11) is 0. The molecule has 0 bridgehead atoms. The van der Waals surface area contributed by atoms with E-state index in [0.29, 0.717) is 19.1 Å². The van der Waals surface area contributed by atoms with Crippen molar-refractivity contribution < 1.29 is 18.7 Å². The van der Waals surface area contributed by atoms with Crippen molar-refractivity contribution in [3.05, 3.63) is 35.6 Å². The number of benzene rings is 1. The van der Waals surface area contributed by atoms with E-state index in [-0.39, 0.29) is 17.8 Å². The van der Waals surface area contributed by atoms with Gasteiger partial charge in [0.05, 0.1) is 6.61 Å². The maximum atomic E-state index is 13.1. The number of nitrogens with zero attached hydrogens (tertiary/aromatic N) is 1. The second-order valence-electron chi connectivity index (χ2n) is 6.74. The first kappa shape index (κ1) is 17.4. The normalized spacial score (nSPS) is 22.0. The number of ether oxygens (including phenoxy) is 2. The Labute approximate surface area is 142 Å². The number of amides is 1. The van der Waals surface area contributed by atoms with Crippen LogP contribution in [0.5, 0.6) is 0 Å². The molecule has 0 aliphatic carbocycles. The number of likely N-dealkylation sites (tertiary alicyclic amines) is 1. The average Bonchev–Trinajstić information content (AvgIpc) is 3.13. The SMILES string of the molecule is O=C([C@H]1CCCO1)N1CCC(CCOCc2cccc(F)c2)CC1. The topological polar surface area (TPSA) is 38.8 Å². The lowest BCUT2D eigenvalue weighted by Crippen LogP contribution is -2.43. The molecule has 0 radical (unpaired) electrons. The molecule has 0 unspecified atom stereocenters. The van der Waals surface area contributed by atoms with Crippen LogP contribution in [0.2, 0.25) is 0 Å². The number of carbonyl (C=O) groups is 1. The molecule has 2 fully saturated rings. The van der Waals surface area contributed by atoms with Gasteiger partial charge in [-0.25, -0.2) is 4.39 Å². The molecular formula is C19H26FNO3. The molecule has 5 heteroatoms. The van der Waals surface area contributed by atoms with E-state index in [1.165, 1.54) is 12.1 Å². The fourth-order valence-electron chi connectivity index (χ4n) is 3.48. The van der Waals surface area contributed by atoms with Gasteiger partial charge in [0.1, 0.15) is 11.9 Å². The minimum absolute atomic E-state index is 0.174. The Bertz CT molecular complexity index is 537. The molecule has 0 aromatic heterocycles. The van der Waals surface area contributed by atoms with Gasteiger partial charge in [-0.1, -0.05) is 12.1 Å². The van der Waals surface area contributed by atoms with Crippen LogP contribution in [0.15, 0.2) is 24.3 Å². The molecule has 24 heavy (non-hydrogen) atoms. The Balaban J connectivity index is 1.31. The number of piperidine rings is 1. The van der Waals surface area contributed by atoms with Crippen molar-refractivity contribution in [3.63, 3.8) is 0 Å². The average molecular weight is 335 g/mol. The van der Waals surface area contributed by atoms with Crippen molar-refractivity contribution in [1.29, 1.82) is 0 Å². The monoisotopic (exact) mass is 335 g/mol. The van der Waals surface area contributed by atoms with Crippen molar-refractivity contribution in [2.45, 2.75) is 44.8 Å². The third-order valence-electron chi connectivity index (χ3n) is 4.96. The molecule has 1 aromatic rings. The molecule has 1 atom stereocenters. The second kappa shape index (κ2) is 8.58. The summed E-state index contributed by atoms with van der Waals surface area (Å²) >= 11 is 0. The van der Waals surface area contributed by atoms with Gasteiger partial charge in [-0.3, -0.25) is 4.79 Å². The van der Waals surface area contributed by atoms with Crippen LogP contribution in [0.1, 0.15) is 37.7 Å². The Kier molecular flexibility index (Phi) is 6.21. The first-order chi connectivity index (χ1) is 11.7. The summed E-state index contributed by atoms with van der Waals surface area (Å²) in [4.78, 5) is 14.3. The molecule has 4 nitrogen and oxygen atoms in total. The second-order valence-corrected chi connectivity index (χ2v) is 6.74. The molecule has 1 amide bonds. The minimum Gasteiger partial charge on any atom is -0.377 e. The highest BCUT2D eigenvalue weighted by atomic mass is 19.1. The Morgan fingerprint density at radius 2 is 2.12 bits per heavy atom. The molecule has 0 spiro atoms. The van der Waals surface area contributed by atoms with E-state index in [1.807, 2.05) is 11.0 Å². The Hall–Kier alpha value is -1.46. The summed E-state index contributed by atoms with van der Waals surface area (Å²) < 4.78 is 24.2. The molecule has 0 saturated carbocycles. The standard InChI is InChI=1S/C19H26FNO3/c20-17-4-1-3-16(13-17)14-23-12-8-15-6-9-21(10-7-15)19(22)18-5-2-11-24-18/h1,3-4,13,15,18H,2,5-12,14H2/t18-/m1/s1. The third kappa shape index (κ3) is 4.77. The molecule has 2 aliphatic heterocycles. The highest BCUT2D eigenvalue weighted by Crippen LogP contribution is 2.23. The largest absolute Gasteiger partial charge is 0.377 e. The maximum Gasteiger partial charge on any atom is 0.251 e. The summed E-state index contributed by atoms with van der Waals surface area (Å²) in [6.45, 7) is 3.50. The van der Waals surface area contributed by atoms with E-state index < -0.39 is 0 Å². The summed E-state index contributed by atoms with van der Waals surface area (Å²) in [6.07, 6.45) is 4.72. The smallest absolute Gasteiger partial charge is 0.251 e. The maximum absolute atomic E-state index is 13.1. The van der Waals surface area contributed by atoms with E-state index in [0.717, 1.165) is 57.4 Å². The predicted octanol–water partition coefficient (Wildman–Crippen LogP) is 3.15. The molecule has 2 heterocycles. The molecule has 2 aliphatic rings.